The van der Waals surface area contributed by atoms with Crippen LogP contribution in [0.25, 0.3) is 0 Å². The number of aromatic nitrogens is 1. The van der Waals surface area contributed by atoms with Gasteiger partial charge in [-0.05, 0) is 19.1 Å². The molecule has 2 aromatic rings. The molecule has 0 spiro atoms. The topological polar surface area (TPSA) is 33.1 Å². The number of benzene rings is 1. The molecule has 0 fully saturated rings. The quantitative estimate of drug-likeness (QED) is 0.714. The standard InChI is InChI=1S/C7H8.C5H5N.CH4O/c1-7-5-3-2-4-6-7;1-2-4-6-5-3-1;1-2/h2-6H,1H3;1-5H;2H,1H3. The van der Waals surface area contributed by atoms with Gasteiger partial charge < -0.3 is 5.11 Å². The third kappa shape index (κ3) is 8.65. The number of pyridine rings is 1. The highest BCUT2D eigenvalue weighted by molar-refractivity contribution is 5.11. The molecule has 1 heterocycles. The van der Waals surface area contributed by atoms with Gasteiger partial charge in [0, 0.05) is 19.5 Å². The predicted octanol–water partition coefficient (Wildman–Crippen LogP) is 2.69. The van der Waals surface area contributed by atoms with Crippen molar-refractivity contribution in [2.24, 2.45) is 0 Å². The fourth-order valence-corrected chi connectivity index (χ4v) is 0.847. The van der Waals surface area contributed by atoms with E-state index in [-0.39, 0.29) is 0 Å². The first-order valence-corrected chi connectivity index (χ1v) is 4.71. The molecule has 0 radical (unpaired) electrons. The van der Waals surface area contributed by atoms with E-state index in [2.05, 4.69) is 24.0 Å². The number of hydrogen-bond acceptors (Lipinski definition) is 2. The molecule has 2 rings (SSSR count). The van der Waals surface area contributed by atoms with Crippen LogP contribution in [-0.2, 0) is 0 Å². The van der Waals surface area contributed by atoms with Crippen LogP contribution in [0.3, 0.4) is 0 Å². The second-order valence-electron chi connectivity index (χ2n) is 2.68. The minimum atomic E-state index is 1.00. The fourth-order valence-electron chi connectivity index (χ4n) is 0.847. The summed E-state index contributed by atoms with van der Waals surface area (Å²) < 4.78 is 0. The molecule has 1 N–H and O–H groups in total. The summed E-state index contributed by atoms with van der Waals surface area (Å²) in [5.41, 5.74) is 1.32. The Morgan fingerprint density at radius 2 is 1.27 bits per heavy atom. The van der Waals surface area contributed by atoms with Crippen LogP contribution in [0.1, 0.15) is 5.56 Å². The van der Waals surface area contributed by atoms with Crippen molar-refractivity contribution in [3.63, 3.8) is 0 Å². The van der Waals surface area contributed by atoms with Gasteiger partial charge in [-0.2, -0.15) is 0 Å². The summed E-state index contributed by atoms with van der Waals surface area (Å²) >= 11 is 0. The lowest BCUT2D eigenvalue weighted by molar-refractivity contribution is 0.399. The van der Waals surface area contributed by atoms with Crippen LogP contribution >= 0.6 is 0 Å². The molecule has 80 valence electrons. The molecular formula is C13H17NO. The molecule has 2 nitrogen and oxygen atoms in total. The first-order chi connectivity index (χ1) is 7.39. The van der Waals surface area contributed by atoms with Crippen molar-refractivity contribution >= 4 is 0 Å². The van der Waals surface area contributed by atoms with E-state index in [1.54, 1.807) is 12.4 Å². The number of nitrogens with zero attached hydrogens (tertiary/aromatic N) is 1. The summed E-state index contributed by atoms with van der Waals surface area (Å²) in [6, 6.07) is 16.0. The van der Waals surface area contributed by atoms with Crippen LogP contribution in [-0.4, -0.2) is 17.2 Å². The molecule has 15 heavy (non-hydrogen) atoms. The van der Waals surface area contributed by atoms with Crippen LogP contribution in [0.4, 0.5) is 0 Å². The maximum Gasteiger partial charge on any atom is 0.0319 e. The zero-order chi connectivity index (χ0) is 11.4. The smallest absolute Gasteiger partial charge is 0.0319 e. The maximum absolute atomic E-state index is 7.00. The van der Waals surface area contributed by atoms with Gasteiger partial charge in [0.05, 0.1) is 0 Å². The summed E-state index contributed by atoms with van der Waals surface area (Å²) in [7, 11) is 1.00. The Labute approximate surface area is 91.2 Å². The monoisotopic (exact) mass is 203 g/mol. The van der Waals surface area contributed by atoms with Crippen LogP contribution in [0.2, 0.25) is 0 Å². The summed E-state index contributed by atoms with van der Waals surface area (Å²) in [5.74, 6) is 0. The van der Waals surface area contributed by atoms with E-state index >= 15 is 0 Å². The van der Waals surface area contributed by atoms with E-state index in [1.165, 1.54) is 5.56 Å². The molecule has 0 aliphatic carbocycles. The zero-order valence-electron chi connectivity index (χ0n) is 9.17. The average molecular weight is 203 g/mol. The van der Waals surface area contributed by atoms with Crippen LogP contribution in [0.5, 0.6) is 0 Å². The van der Waals surface area contributed by atoms with E-state index < -0.39 is 0 Å². The van der Waals surface area contributed by atoms with Gasteiger partial charge in [-0.3, -0.25) is 4.98 Å². The van der Waals surface area contributed by atoms with E-state index in [0.29, 0.717) is 0 Å². The van der Waals surface area contributed by atoms with Gasteiger partial charge in [-0.25, -0.2) is 0 Å². The fraction of sp³-hybridized carbons (Fsp3) is 0.154. The molecule has 1 aromatic heterocycles. The van der Waals surface area contributed by atoms with E-state index in [4.69, 9.17) is 5.11 Å². The number of aliphatic hydroxyl groups is 1. The van der Waals surface area contributed by atoms with Crippen molar-refractivity contribution < 1.29 is 5.11 Å². The summed E-state index contributed by atoms with van der Waals surface area (Å²) in [6.45, 7) is 2.08. The van der Waals surface area contributed by atoms with Gasteiger partial charge in [0.25, 0.3) is 0 Å². The van der Waals surface area contributed by atoms with Gasteiger partial charge in [-0.15, -0.1) is 0 Å². The lowest BCUT2D eigenvalue weighted by Gasteiger charge is -1.82. The van der Waals surface area contributed by atoms with E-state index in [0.717, 1.165) is 7.11 Å². The Bertz CT molecular complexity index is 281. The molecule has 1 aromatic carbocycles. The second-order valence-corrected chi connectivity index (χ2v) is 2.68. The highest BCUT2D eigenvalue weighted by Gasteiger charge is 1.72. The maximum atomic E-state index is 7.00. The van der Waals surface area contributed by atoms with Gasteiger partial charge in [-0.1, -0.05) is 42.0 Å². The summed E-state index contributed by atoms with van der Waals surface area (Å²) in [5, 5.41) is 7.00. The van der Waals surface area contributed by atoms with Crippen LogP contribution in [0.15, 0.2) is 60.9 Å². The molecule has 0 atom stereocenters. The lowest BCUT2D eigenvalue weighted by atomic mass is 10.2. The molecule has 0 amide bonds. The molecule has 2 heteroatoms. The molecular weight excluding hydrogens is 186 g/mol. The molecule has 0 unspecified atom stereocenters. The Morgan fingerprint density at radius 3 is 1.47 bits per heavy atom. The predicted molar refractivity (Wildman–Crippen MR) is 63.6 cm³/mol. The lowest BCUT2D eigenvalue weighted by Crippen LogP contribution is -1.62. The largest absolute Gasteiger partial charge is 0.400 e. The summed E-state index contributed by atoms with van der Waals surface area (Å²) in [6.07, 6.45) is 3.50. The normalized spacial score (nSPS) is 7.67. The van der Waals surface area contributed by atoms with Gasteiger partial charge >= 0.3 is 0 Å². The highest BCUT2D eigenvalue weighted by atomic mass is 16.2. The van der Waals surface area contributed by atoms with Crippen LogP contribution < -0.4 is 0 Å². The molecule has 0 saturated carbocycles. The number of aryl methyl sites for hydroxylation is 1. The van der Waals surface area contributed by atoms with Crippen molar-refractivity contribution in [3.05, 3.63) is 66.5 Å². The van der Waals surface area contributed by atoms with Crippen molar-refractivity contribution in [2.75, 3.05) is 7.11 Å². The van der Waals surface area contributed by atoms with Gasteiger partial charge in [0.1, 0.15) is 0 Å². The Kier molecular flexibility index (Phi) is 9.25. The zero-order valence-corrected chi connectivity index (χ0v) is 9.17. The Balaban J connectivity index is 0.000000227. The third-order valence-corrected chi connectivity index (χ3v) is 1.51. The van der Waals surface area contributed by atoms with Crippen molar-refractivity contribution in [1.29, 1.82) is 0 Å². The molecule has 0 aliphatic rings. The van der Waals surface area contributed by atoms with E-state index in [1.807, 2.05) is 36.4 Å². The second kappa shape index (κ2) is 10.4. The Morgan fingerprint density at radius 1 is 0.800 bits per heavy atom. The first kappa shape index (κ1) is 13.3. The van der Waals surface area contributed by atoms with E-state index in [9.17, 15) is 0 Å². The third-order valence-electron chi connectivity index (χ3n) is 1.51. The van der Waals surface area contributed by atoms with Crippen LogP contribution in [0, 0.1) is 6.92 Å². The SMILES string of the molecule is CO.Cc1ccccc1.c1ccncc1. The van der Waals surface area contributed by atoms with Gasteiger partial charge in [0.2, 0.25) is 0 Å². The number of aliphatic hydroxyl groups excluding tert-OH is 1. The van der Waals surface area contributed by atoms with Crippen molar-refractivity contribution in [3.8, 4) is 0 Å². The molecule has 0 aliphatic heterocycles. The highest BCUT2D eigenvalue weighted by Crippen LogP contribution is 1.92. The van der Waals surface area contributed by atoms with Crippen molar-refractivity contribution in [1.82, 2.24) is 4.98 Å². The number of rotatable bonds is 0. The average Bonchev–Trinajstić information content (AvgIpc) is 2.36. The minimum Gasteiger partial charge on any atom is -0.400 e. The summed E-state index contributed by atoms with van der Waals surface area (Å²) in [4.78, 5) is 3.78. The van der Waals surface area contributed by atoms with Crippen molar-refractivity contribution in [2.45, 2.75) is 6.92 Å². The Hall–Kier alpha value is -1.67. The molecule has 0 bridgehead atoms. The first-order valence-electron chi connectivity index (χ1n) is 4.71. The van der Waals surface area contributed by atoms with Gasteiger partial charge in [0.15, 0.2) is 0 Å². The minimum absolute atomic E-state index is 1.00. The number of hydrogen-bond donors (Lipinski definition) is 1. The molecule has 0 saturated heterocycles.